The zero-order valence-corrected chi connectivity index (χ0v) is 10.4. The van der Waals surface area contributed by atoms with E-state index in [1.807, 2.05) is 0 Å². The SMILES string of the molecule is CN1CCN(Nc2ccc(C(=O)O)cc2N)CC1. The normalized spacial score (nSPS) is 17.6. The number of nitrogens with one attached hydrogen (secondary N) is 1. The topological polar surface area (TPSA) is 81.8 Å². The van der Waals surface area contributed by atoms with Crippen molar-refractivity contribution in [3.05, 3.63) is 23.8 Å². The zero-order chi connectivity index (χ0) is 13.1. The van der Waals surface area contributed by atoms with Crippen molar-refractivity contribution in [2.45, 2.75) is 0 Å². The molecule has 0 unspecified atom stereocenters. The Morgan fingerprint density at radius 3 is 2.56 bits per heavy atom. The van der Waals surface area contributed by atoms with Crippen LogP contribution < -0.4 is 11.2 Å². The van der Waals surface area contributed by atoms with Crippen molar-refractivity contribution < 1.29 is 9.90 Å². The van der Waals surface area contributed by atoms with Gasteiger partial charge in [-0.2, -0.15) is 0 Å². The van der Waals surface area contributed by atoms with Gasteiger partial charge in [-0.25, -0.2) is 9.80 Å². The Bertz CT molecular complexity index is 442. The average molecular weight is 250 g/mol. The van der Waals surface area contributed by atoms with Crippen LogP contribution in [0.5, 0.6) is 0 Å². The molecule has 0 atom stereocenters. The molecule has 0 saturated carbocycles. The summed E-state index contributed by atoms with van der Waals surface area (Å²) in [4.78, 5) is 13.1. The number of carbonyl (C=O) groups is 1. The van der Waals surface area contributed by atoms with Gasteiger partial charge in [0.2, 0.25) is 0 Å². The maximum atomic E-state index is 10.8. The molecule has 0 amide bonds. The number of nitrogens with two attached hydrogens (primary N) is 1. The van der Waals surface area contributed by atoms with Gasteiger partial charge in [-0.05, 0) is 25.2 Å². The number of nitrogens with zero attached hydrogens (tertiary/aromatic N) is 2. The predicted octanol–water partition coefficient (Wildman–Crippen LogP) is 0.541. The molecule has 6 nitrogen and oxygen atoms in total. The predicted molar refractivity (Wildman–Crippen MR) is 70.5 cm³/mol. The summed E-state index contributed by atoms with van der Waals surface area (Å²) in [5.74, 6) is -0.965. The number of hydrogen-bond acceptors (Lipinski definition) is 5. The summed E-state index contributed by atoms with van der Waals surface area (Å²) in [7, 11) is 2.09. The summed E-state index contributed by atoms with van der Waals surface area (Å²) >= 11 is 0. The van der Waals surface area contributed by atoms with E-state index in [0.29, 0.717) is 5.69 Å². The minimum Gasteiger partial charge on any atom is -0.478 e. The highest BCUT2D eigenvalue weighted by Gasteiger charge is 2.14. The first-order chi connectivity index (χ1) is 8.56. The summed E-state index contributed by atoms with van der Waals surface area (Å²) in [6, 6.07) is 4.73. The number of rotatable bonds is 3. The van der Waals surface area contributed by atoms with Crippen LogP contribution in [0, 0.1) is 0 Å². The van der Waals surface area contributed by atoms with Crippen LogP contribution in [0.1, 0.15) is 10.4 Å². The Balaban J connectivity index is 2.03. The summed E-state index contributed by atoms with van der Waals surface area (Å²) in [6.07, 6.45) is 0. The van der Waals surface area contributed by atoms with Crippen molar-refractivity contribution >= 4 is 17.3 Å². The van der Waals surface area contributed by atoms with Gasteiger partial charge in [-0.3, -0.25) is 0 Å². The lowest BCUT2D eigenvalue weighted by Crippen LogP contribution is -2.47. The molecule has 0 bridgehead atoms. The highest BCUT2D eigenvalue weighted by atomic mass is 16.4. The van der Waals surface area contributed by atoms with Gasteiger partial charge in [0.25, 0.3) is 0 Å². The molecule has 0 spiro atoms. The smallest absolute Gasteiger partial charge is 0.335 e. The highest BCUT2D eigenvalue weighted by Crippen LogP contribution is 2.20. The van der Waals surface area contributed by atoms with Gasteiger partial charge in [0, 0.05) is 26.2 Å². The Morgan fingerprint density at radius 1 is 1.33 bits per heavy atom. The Kier molecular flexibility index (Phi) is 3.69. The Morgan fingerprint density at radius 2 is 2.00 bits per heavy atom. The standard InChI is InChI=1S/C12H18N4O2/c1-15-4-6-16(7-5-15)14-11-3-2-9(12(17)18)8-10(11)13/h2-3,8,14H,4-7,13H2,1H3,(H,17,18). The molecule has 0 aromatic heterocycles. The maximum absolute atomic E-state index is 10.8. The number of piperazine rings is 1. The van der Waals surface area contributed by atoms with E-state index in [2.05, 4.69) is 22.4 Å². The Hall–Kier alpha value is -1.79. The molecule has 1 aliphatic heterocycles. The molecule has 98 valence electrons. The second-order valence-electron chi connectivity index (χ2n) is 4.51. The number of carboxylic acid groups (broad SMARTS) is 1. The fraction of sp³-hybridized carbons (Fsp3) is 0.417. The van der Waals surface area contributed by atoms with Crippen LogP contribution in [0.25, 0.3) is 0 Å². The fourth-order valence-corrected chi connectivity index (χ4v) is 1.89. The van der Waals surface area contributed by atoms with E-state index in [4.69, 9.17) is 10.8 Å². The van der Waals surface area contributed by atoms with E-state index in [0.717, 1.165) is 31.9 Å². The molecule has 4 N–H and O–H groups in total. The van der Waals surface area contributed by atoms with Crippen LogP contribution in [0.15, 0.2) is 18.2 Å². The van der Waals surface area contributed by atoms with Crippen LogP contribution in [-0.2, 0) is 0 Å². The van der Waals surface area contributed by atoms with E-state index in [9.17, 15) is 4.79 Å². The minimum absolute atomic E-state index is 0.205. The van der Waals surface area contributed by atoms with Crippen LogP contribution >= 0.6 is 0 Å². The number of nitrogen functional groups attached to an aromatic ring is 1. The van der Waals surface area contributed by atoms with E-state index < -0.39 is 5.97 Å². The summed E-state index contributed by atoms with van der Waals surface area (Å²) < 4.78 is 0. The van der Waals surface area contributed by atoms with Crippen molar-refractivity contribution in [2.24, 2.45) is 0 Å². The molecule has 0 aliphatic carbocycles. The van der Waals surface area contributed by atoms with Crippen LogP contribution in [0.3, 0.4) is 0 Å². The number of hydrogen-bond donors (Lipinski definition) is 3. The highest BCUT2D eigenvalue weighted by molar-refractivity contribution is 5.90. The Labute approximate surface area is 106 Å². The second-order valence-corrected chi connectivity index (χ2v) is 4.51. The number of hydrazine groups is 1. The molecule has 1 saturated heterocycles. The molecule has 1 aliphatic rings. The lowest BCUT2D eigenvalue weighted by atomic mass is 10.2. The first kappa shape index (κ1) is 12.7. The molecule has 6 heteroatoms. The van der Waals surface area contributed by atoms with Crippen molar-refractivity contribution in [1.29, 1.82) is 0 Å². The molecule has 1 fully saturated rings. The van der Waals surface area contributed by atoms with Crippen molar-refractivity contribution in [2.75, 3.05) is 44.4 Å². The molecule has 18 heavy (non-hydrogen) atoms. The number of aromatic carboxylic acids is 1. The van der Waals surface area contributed by atoms with Crippen molar-refractivity contribution in [3.8, 4) is 0 Å². The van der Waals surface area contributed by atoms with Gasteiger partial charge < -0.3 is 21.2 Å². The first-order valence-electron chi connectivity index (χ1n) is 5.89. The van der Waals surface area contributed by atoms with Gasteiger partial charge in [-0.15, -0.1) is 0 Å². The van der Waals surface area contributed by atoms with Crippen molar-refractivity contribution in [1.82, 2.24) is 9.91 Å². The van der Waals surface area contributed by atoms with Crippen LogP contribution in [-0.4, -0.2) is 54.2 Å². The van der Waals surface area contributed by atoms with Crippen LogP contribution in [0.4, 0.5) is 11.4 Å². The monoisotopic (exact) mass is 250 g/mol. The average Bonchev–Trinajstić information content (AvgIpc) is 2.34. The van der Waals surface area contributed by atoms with E-state index >= 15 is 0 Å². The fourth-order valence-electron chi connectivity index (χ4n) is 1.89. The number of anilines is 2. The van der Waals surface area contributed by atoms with E-state index in [-0.39, 0.29) is 5.56 Å². The molecular formula is C12H18N4O2. The van der Waals surface area contributed by atoms with E-state index in [1.54, 1.807) is 12.1 Å². The quantitative estimate of drug-likeness (QED) is 0.679. The lowest BCUT2D eigenvalue weighted by Gasteiger charge is -2.33. The van der Waals surface area contributed by atoms with Gasteiger partial charge in [0.15, 0.2) is 0 Å². The third-order valence-electron chi connectivity index (χ3n) is 3.08. The largest absolute Gasteiger partial charge is 0.478 e. The maximum Gasteiger partial charge on any atom is 0.335 e. The summed E-state index contributed by atoms with van der Waals surface area (Å²) in [6.45, 7) is 3.83. The molecular weight excluding hydrogens is 232 g/mol. The lowest BCUT2D eigenvalue weighted by molar-refractivity contribution is 0.0697. The summed E-state index contributed by atoms with van der Waals surface area (Å²) in [5, 5.41) is 10.9. The number of likely N-dealkylation sites (N-methyl/N-ethyl adjacent to an activating group) is 1. The van der Waals surface area contributed by atoms with E-state index in [1.165, 1.54) is 6.07 Å². The molecule has 2 rings (SSSR count). The van der Waals surface area contributed by atoms with Gasteiger partial charge in [0.1, 0.15) is 0 Å². The zero-order valence-electron chi connectivity index (χ0n) is 10.4. The molecule has 1 aromatic rings. The van der Waals surface area contributed by atoms with Gasteiger partial charge >= 0.3 is 5.97 Å². The van der Waals surface area contributed by atoms with Crippen LogP contribution in [0.2, 0.25) is 0 Å². The second kappa shape index (κ2) is 5.24. The minimum atomic E-state index is -0.965. The molecule has 0 radical (unpaired) electrons. The molecule has 1 heterocycles. The van der Waals surface area contributed by atoms with Crippen molar-refractivity contribution in [3.63, 3.8) is 0 Å². The third-order valence-corrected chi connectivity index (χ3v) is 3.08. The van der Waals surface area contributed by atoms with Gasteiger partial charge in [-0.1, -0.05) is 0 Å². The first-order valence-corrected chi connectivity index (χ1v) is 5.89. The summed E-state index contributed by atoms with van der Waals surface area (Å²) in [5.41, 5.74) is 10.5. The third kappa shape index (κ3) is 2.91. The number of carboxylic acids is 1. The molecule has 1 aromatic carbocycles. The number of benzene rings is 1. The van der Waals surface area contributed by atoms with Gasteiger partial charge in [0.05, 0.1) is 16.9 Å².